The van der Waals surface area contributed by atoms with Crippen molar-refractivity contribution in [2.24, 2.45) is 0 Å². The lowest BCUT2D eigenvalue weighted by molar-refractivity contribution is -0.142. The number of nitrogens with zero attached hydrogens (tertiary/aromatic N) is 1. The first-order valence-corrected chi connectivity index (χ1v) is 7.29. The third kappa shape index (κ3) is 3.64. The summed E-state index contributed by atoms with van der Waals surface area (Å²) in [6, 6.07) is 5.57. The normalized spacial score (nSPS) is 16.9. The maximum atomic E-state index is 12.4. The first kappa shape index (κ1) is 15.1. The molecule has 0 aliphatic carbocycles. The summed E-state index contributed by atoms with van der Waals surface area (Å²) >= 11 is 6.12. The van der Waals surface area contributed by atoms with Crippen molar-refractivity contribution >= 4 is 17.5 Å². The van der Waals surface area contributed by atoms with Crippen molar-refractivity contribution in [3.8, 4) is 5.75 Å². The van der Waals surface area contributed by atoms with Crippen LogP contribution < -0.4 is 4.74 Å². The zero-order valence-electron chi connectivity index (χ0n) is 11.9. The number of halogens is 1. The molecule has 20 heavy (non-hydrogen) atoms. The molecule has 1 unspecified atom stereocenters. The van der Waals surface area contributed by atoms with Crippen LogP contribution in [0.5, 0.6) is 5.75 Å². The number of ether oxygens (including phenoxy) is 2. The summed E-state index contributed by atoms with van der Waals surface area (Å²) in [5.41, 5.74) is 1.05. The molecule has 1 saturated heterocycles. The van der Waals surface area contributed by atoms with Gasteiger partial charge >= 0.3 is 0 Å². The predicted octanol–water partition coefficient (Wildman–Crippen LogP) is 2.66. The molecule has 0 aromatic heterocycles. The lowest BCUT2D eigenvalue weighted by Crippen LogP contribution is -2.47. The van der Waals surface area contributed by atoms with Crippen LogP contribution in [0.2, 0.25) is 5.02 Å². The first-order valence-electron chi connectivity index (χ1n) is 6.91. The Balaban J connectivity index is 2.07. The van der Waals surface area contributed by atoms with Gasteiger partial charge in [-0.3, -0.25) is 4.79 Å². The maximum Gasteiger partial charge on any atom is 0.263 e. The quantitative estimate of drug-likeness (QED) is 0.857. The molecule has 0 radical (unpaired) electrons. The highest BCUT2D eigenvalue weighted by molar-refractivity contribution is 6.32. The summed E-state index contributed by atoms with van der Waals surface area (Å²) in [6.45, 7) is 6.34. The minimum absolute atomic E-state index is 0.00775. The number of rotatable bonds is 4. The minimum Gasteiger partial charge on any atom is -0.479 e. The fraction of sp³-hybridized carbons (Fsp3) is 0.533. The van der Waals surface area contributed by atoms with Gasteiger partial charge in [-0.1, -0.05) is 24.6 Å². The van der Waals surface area contributed by atoms with Crippen LogP contribution in [0.1, 0.15) is 18.9 Å². The summed E-state index contributed by atoms with van der Waals surface area (Å²) in [4.78, 5) is 14.2. The van der Waals surface area contributed by atoms with Crippen LogP contribution in [0.15, 0.2) is 18.2 Å². The van der Waals surface area contributed by atoms with Crippen LogP contribution >= 0.6 is 11.6 Å². The van der Waals surface area contributed by atoms with Crippen LogP contribution in [-0.4, -0.2) is 43.2 Å². The molecule has 1 aliphatic rings. The molecule has 1 aliphatic heterocycles. The summed E-state index contributed by atoms with van der Waals surface area (Å²) in [6.07, 6.45) is 0.118. The number of carbonyl (C=O) groups is 1. The van der Waals surface area contributed by atoms with E-state index >= 15 is 0 Å². The second kappa shape index (κ2) is 6.95. The van der Waals surface area contributed by atoms with Gasteiger partial charge in [0.05, 0.1) is 18.2 Å². The van der Waals surface area contributed by atoms with Gasteiger partial charge in [0.2, 0.25) is 0 Å². The smallest absolute Gasteiger partial charge is 0.263 e. The Labute approximate surface area is 124 Å². The summed E-state index contributed by atoms with van der Waals surface area (Å²) in [7, 11) is 0. The van der Waals surface area contributed by atoms with Crippen LogP contribution in [0.25, 0.3) is 0 Å². The predicted molar refractivity (Wildman–Crippen MR) is 78.3 cm³/mol. The molecule has 110 valence electrons. The van der Waals surface area contributed by atoms with Gasteiger partial charge in [0.25, 0.3) is 5.91 Å². The molecule has 1 aromatic rings. The molecule has 0 bridgehead atoms. The zero-order chi connectivity index (χ0) is 14.5. The van der Waals surface area contributed by atoms with Crippen LogP contribution in [0.4, 0.5) is 0 Å². The lowest BCUT2D eigenvalue weighted by Gasteiger charge is -2.30. The molecule has 1 fully saturated rings. The fourth-order valence-corrected chi connectivity index (χ4v) is 2.31. The van der Waals surface area contributed by atoms with Gasteiger partial charge in [-0.05, 0) is 31.0 Å². The van der Waals surface area contributed by atoms with Crippen LogP contribution in [0.3, 0.4) is 0 Å². The number of hydrogen-bond donors (Lipinski definition) is 0. The molecular weight excluding hydrogens is 278 g/mol. The van der Waals surface area contributed by atoms with E-state index in [4.69, 9.17) is 21.1 Å². The molecule has 0 saturated carbocycles. The molecule has 0 spiro atoms. The molecule has 0 N–H and O–H groups in total. The van der Waals surface area contributed by atoms with E-state index in [2.05, 4.69) is 0 Å². The highest BCUT2D eigenvalue weighted by Crippen LogP contribution is 2.27. The Hall–Kier alpha value is -1.26. The van der Waals surface area contributed by atoms with E-state index in [9.17, 15) is 4.79 Å². The van der Waals surface area contributed by atoms with Gasteiger partial charge in [0.15, 0.2) is 6.10 Å². The maximum absolute atomic E-state index is 12.4. The third-order valence-corrected chi connectivity index (χ3v) is 3.64. The highest BCUT2D eigenvalue weighted by Gasteiger charge is 2.26. The van der Waals surface area contributed by atoms with E-state index in [0.717, 1.165) is 5.56 Å². The summed E-state index contributed by atoms with van der Waals surface area (Å²) in [5.74, 6) is 0.577. The highest BCUT2D eigenvalue weighted by atomic mass is 35.5. The number of hydrogen-bond acceptors (Lipinski definition) is 3. The Morgan fingerprint density at radius 3 is 2.80 bits per heavy atom. The Morgan fingerprint density at radius 1 is 1.45 bits per heavy atom. The van der Waals surface area contributed by atoms with E-state index in [1.54, 1.807) is 11.0 Å². The van der Waals surface area contributed by atoms with E-state index in [0.29, 0.717) is 43.5 Å². The third-order valence-electron chi connectivity index (χ3n) is 3.32. The second-order valence-electron chi connectivity index (χ2n) is 4.89. The van der Waals surface area contributed by atoms with Gasteiger partial charge in [0, 0.05) is 13.1 Å². The van der Waals surface area contributed by atoms with Gasteiger partial charge in [-0.15, -0.1) is 0 Å². The van der Waals surface area contributed by atoms with Gasteiger partial charge in [0.1, 0.15) is 5.75 Å². The Bertz CT molecular complexity index is 472. The van der Waals surface area contributed by atoms with E-state index in [1.807, 2.05) is 26.0 Å². The molecule has 1 atom stereocenters. The molecular formula is C15H20ClNO3. The molecule has 1 aromatic carbocycles. The van der Waals surface area contributed by atoms with Crippen molar-refractivity contribution in [3.63, 3.8) is 0 Å². The molecule has 1 amide bonds. The standard InChI is InChI=1S/C15H20ClNO3/c1-3-13(15(18)17-6-8-19-9-7-17)20-14-10-11(2)4-5-12(14)16/h4-5,10,13H,3,6-9H2,1-2H3. The summed E-state index contributed by atoms with van der Waals surface area (Å²) in [5, 5.41) is 0.531. The Kier molecular flexibility index (Phi) is 5.26. The SMILES string of the molecule is CCC(Oc1cc(C)ccc1Cl)C(=O)N1CCOCC1. The monoisotopic (exact) mass is 297 g/mol. The second-order valence-corrected chi connectivity index (χ2v) is 5.29. The van der Waals surface area contributed by atoms with E-state index in [-0.39, 0.29) is 5.91 Å². The van der Waals surface area contributed by atoms with Crippen molar-refractivity contribution in [1.82, 2.24) is 4.90 Å². The van der Waals surface area contributed by atoms with Gasteiger partial charge in [-0.25, -0.2) is 0 Å². The number of benzene rings is 1. The zero-order valence-corrected chi connectivity index (χ0v) is 12.7. The number of aryl methyl sites for hydroxylation is 1. The van der Waals surface area contributed by atoms with Crippen molar-refractivity contribution in [2.75, 3.05) is 26.3 Å². The van der Waals surface area contributed by atoms with Crippen molar-refractivity contribution in [1.29, 1.82) is 0 Å². The van der Waals surface area contributed by atoms with Crippen molar-refractivity contribution in [3.05, 3.63) is 28.8 Å². The lowest BCUT2D eigenvalue weighted by atomic mass is 10.2. The number of morpholine rings is 1. The van der Waals surface area contributed by atoms with Crippen molar-refractivity contribution in [2.45, 2.75) is 26.4 Å². The molecule has 1 heterocycles. The molecule has 5 heteroatoms. The number of amides is 1. The van der Waals surface area contributed by atoms with Gasteiger partial charge < -0.3 is 14.4 Å². The molecule has 4 nitrogen and oxygen atoms in total. The minimum atomic E-state index is -0.493. The largest absolute Gasteiger partial charge is 0.479 e. The van der Waals surface area contributed by atoms with Crippen LogP contribution in [0, 0.1) is 6.92 Å². The van der Waals surface area contributed by atoms with E-state index < -0.39 is 6.10 Å². The van der Waals surface area contributed by atoms with Gasteiger partial charge in [-0.2, -0.15) is 0 Å². The molecule has 2 rings (SSSR count). The average molecular weight is 298 g/mol. The average Bonchev–Trinajstić information content (AvgIpc) is 2.48. The van der Waals surface area contributed by atoms with Crippen LogP contribution in [-0.2, 0) is 9.53 Å². The first-order chi connectivity index (χ1) is 9.61. The Morgan fingerprint density at radius 2 is 2.15 bits per heavy atom. The number of carbonyl (C=O) groups excluding carboxylic acids is 1. The summed E-state index contributed by atoms with van der Waals surface area (Å²) < 4.78 is 11.1. The van der Waals surface area contributed by atoms with Crippen molar-refractivity contribution < 1.29 is 14.3 Å². The van der Waals surface area contributed by atoms with E-state index in [1.165, 1.54) is 0 Å². The topological polar surface area (TPSA) is 38.8 Å². The fourth-order valence-electron chi connectivity index (χ4n) is 2.15.